The second-order valence-electron chi connectivity index (χ2n) is 6.66. The first-order chi connectivity index (χ1) is 14.9. The molecule has 1 N–H and O–H groups in total. The molecule has 1 aromatic carbocycles. The van der Waals surface area contributed by atoms with E-state index in [-0.39, 0.29) is 11.7 Å². The number of benzene rings is 1. The number of nitrogens with one attached hydrogen (secondary N) is 1. The van der Waals surface area contributed by atoms with Crippen LogP contribution in [0.3, 0.4) is 0 Å². The number of ether oxygens (including phenoxy) is 2. The lowest BCUT2D eigenvalue weighted by molar-refractivity contribution is -0.113. The molecule has 0 saturated heterocycles. The number of methoxy groups -OCH3 is 2. The zero-order valence-corrected chi connectivity index (χ0v) is 18.9. The molecule has 0 aliphatic heterocycles. The number of aryl methyl sites for hydroxylation is 2. The van der Waals surface area contributed by atoms with E-state index >= 15 is 0 Å². The van der Waals surface area contributed by atoms with Crippen LogP contribution in [0, 0.1) is 13.8 Å². The van der Waals surface area contributed by atoms with Crippen molar-refractivity contribution in [2.45, 2.75) is 19.0 Å². The molecule has 4 aromatic rings. The summed E-state index contributed by atoms with van der Waals surface area (Å²) < 4.78 is 12.0. The third kappa shape index (κ3) is 4.06. The van der Waals surface area contributed by atoms with Crippen molar-refractivity contribution in [1.82, 2.24) is 19.6 Å². The number of hydrogen-bond acceptors (Lipinski definition) is 9. The summed E-state index contributed by atoms with van der Waals surface area (Å²) in [6.45, 7) is 3.66. The Balaban J connectivity index is 1.56. The number of thioether (sulfide) groups is 1. The summed E-state index contributed by atoms with van der Waals surface area (Å²) in [6.07, 6.45) is 0. The van der Waals surface area contributed by atoms with Crippen molar-refractivity contribution in [3.8, 4) is 5.75 Å². The third-order valence-electron chi connectivity index (χ3n) is 4.58. The Morgan fingerprint density at radius 1 is 1.19 bits per heavy atom. The maximum atomic E-state index is 12.5. The maximum absolute atomic E-state index is 12.5. The molecule has 0 aliphatic rings. The molecule has 31 heavy (non-hydrogen) atoms. The highest BCUT2D eigenvalue weighted by Crippen LogP contribution is 2.29. The van der Waals surface area contributed by atoms with Crippen molar-refractivity contribution in [1.29, 1.82) is 0 Å². The lowest BCUT2D eigenvalue weighted by Crippen LogP contribution is -2.14. The highest BCUT2D eigenvalue weighted by Gasteiger charge is 2.18. The van der Waals surface area contributed by atoms with Gasteiger partial charge in [0.1, 0.15) is 10.6 Å². The molecular weight excluding hydrogens is 438 g/mol. The van der Waals surface area contributed by atoms with Crippen molar-refractivity contribution < 1.29 is 19.1 Å². The number of aromatic nitrogens is 4. The van der Waals surface area contributed by atoms with Crippen LogP contribution in [0.15, 0.2) is 29.4 Å². The van der Waals surface area contributed by atoms with Crippen LogP contribution in [-0.4, -0.2) is 51.4 Å². The molecule has 0 spiro atoms. The molecule has 160 valence electrons. The van der Waals surface area contributed by atoms with Crippen LogP contribution in [0.25, 0.3) is 16.6 Å². The Morgan fingerprint density at radius 3 is 2.74 bits per heavy atom. The van der Waals surface area contributed by atoms with Crippen LogP contribution in [0.1, 0.15) is 20.9 Å². The van der Waals surface area contributed by atoms with Gasteiger partial charge in [0.2, 0.25) is 5.91 Å². The average Bonchev–Trinajstić information content (AvgIpc) is 3.35. The molecule has 0 atom stereocenters. The second kappa shape index (κ2) is 8.52. The minimum atomic E-state index is -0.475. The van der Waals surface area contributed by atoms with Gasteiger partial charge in [0.15, 0.2) is 15.9 Å². The topological polar surface area (TPSA) is 108 Å². The van der Waals surface area contributed by atoms with E-state index in [1.54, 1.807) is 14.0 Å². The number of thiazole rings is 1. The number of carbonyl (C=O) groups excluding carboxylic acids is 2. The molecule has 0 fully saturated rings. The molecule has 3 heterocycles. The normalized spacial score (nSPS) is 11.1. The molecule has 1 amide bonds. The molecule has 0 saturated carbocycles. The number of carbonyl (C=O) groups is 2. The molecule has 3 aromatic heterocycles. The number of nitrogens with zero attached hydrogens (tertiary/aromatic N) is 4. The minimum absolute atomic E-state index is 0.104. The molecule has 4 rings (SSSR count). The van der Waals surface area contributed by atoms with Gasteiger partial charge in [-0.1, -0.05) is 23.1 Å². The van der Waals surface area contributed by atoms with E-state index in [1.165, 1.54) is 18.9 Å². The fourth-order valence-corrected chi connectivity index (χ4v) is 4.76. The van der Waals surface area contributed by atoms with Crippen LogP contribution >= 0.6 is 23.1 Å². The Kier molecular flexibility index (Phi) is 5.79. The standard InChI is InChI=1S/C20H19N5O4S2/c1-10-7-12-5-6-13(28-3)8-14(12)25-17(10)23-24-20(25)30-9-15(26)22-19-21-11(2)16(31-19)18(27)29-4/h5-8H,9H2,1-4H3,(H,21,22,26). The van der Waals surface area contributed by atoms with Crippen molar-refractivity contribution in [3.05, 3.63) is 40.4 Å². The average molecular weight is 458 g/mol. The zero-order chi connectivity index (χ0) is 22.1. The van der Waals surface area contributed by atoms with E-state index in [9.17, 15) is 9.59 Å². The van der Waals surface area contributed by atoms with Crippen LogP contribution in [0.4, 0.5) is 5.13 Å². The van der Waals surface area contributed by atoms with E-state index in [2.05, 4.69) is 20.5 Å². The van der Waals surface area contributed by atoms with Gasteiger partial charge in [-0.05, 0) is 43.0 Å². The summed E-state index contributed by atoms with van der Waals surface area (Å²) in [4.78, 5) is 28.8. The SMILES string of the molecule is COC(=O)c1sc(NC(=O)CSc2nnc3c(C)cc4ccc(OC)cc4n23)nc1C. The Labute approximate surface area is 185 Å². The van der Waals surface area contributed by atoms with Gasteiger partial charge in [-0.25, -0.2) is 9.78 Å². The number of amides is 1. The summed E-state index contributed by atoms with van der Waals surface area (Å²) in [5.74, 6) is 0.0892. The summed E-state index contributed by atoms with van der Waals surface area (Å²) >= 11 is 2.34. The van der Waals surface area contributed by atoms with E-state index in [4.69, 9.17) is 9.47 Å². The molecular formula is C20H19N5O4S2. The first-order valence-electron chi connectivity index (χ1n) is 9.22. The number of rotatable bonds is 6. The fraction of sp³-hybridized carbons (Fsp3) is 0.250. The second-order valence-corrected chi connectivity index (χ2v) is 8.60. The summed E-state index contributed by atoms with van der Waals surface area (Å²) in [5, 5.41) is 13.2. The number of hydrogen-bond donors (Lipinski definition) is 1. The molecule has 0 bridgehead atoms. The van der Waals surface area contributed by atoms with Crippen molar-refractivity contribution in [2.75, 3.05) is 25.3 Å². The predicted octanol–water partition coefficient (Wildman–Crippen LogP) is 3.48. The van der Waals surface area contributed by atoms with Crippen LogP contribution in [0.2, 0.25) is 0 Å². The van der Waals surface area contributed by atoms with Gasteiger partial charge >= 0.3 is 5.97 Å². The molecule has 0 radical (unpaired) electrons. The number of anilines is 1. The van der Waals surface area contributed by atoms with Crippen molar-refractivity contribution in [2.24, 2.45) is 0 Å². The summed E-state index contributed by atoms with van der Waals surface area (Å²) in [5.41, 5.74) is 3.11. The zero-order valence-electron chi connectivity index (χ0n) is 17.3. The van der Waals surface area contributed by atoms with Gasteiger partial charge < -0.3 is 14.8 Å². The van der Waals surface area contributed by atoms with E-state index < -0.39 is 5.97 Å². The molecule has 0 unspecified atom stereocenters. The minimum Gasteiger partial charge on any atom is -0.497 e. The van der Waals surface area contributed by atoms with Crippen LogP contribution in [0.5, 0.6) is 5.75 Å². The predicted molar refractivity (Wildman–Crippen MR) is 119 cm³/mol. The smallest absolute Gasteiger partial charge is 0.350 e. The number of fused-ring (bicyclic) bond motifs is 3. The summed E-state index contributed by atoms with van der Waals surface area (Å²) in [6, 6.07) is 7.84. The molecule has 11 heteroatoms. The first kappa shape index (κ1) is 21.1. The van der Waals surface area contributed by atoms with Crippen LogP contribution in [-0.2, 0) is 9.53 Å². The Bertz CT molecular complexity index is 1310. The number of esters is 1. The molecule has 9 nitrogen and oxygen atoms in total. The van der Waals surface area contributed by atoms with Crippen LogP contribution < -0.4 is 10.1 Å². The maximum Gasteiger partial charge on any atom is 0.350 e. The lowest BCUT2D eigenvalue weighted by Gasteiger charge is -2.08. The van der Waals surface area contributed by atoms with Gasteiger partial charge in [-0.3, -0.25) is 9.20 Å². The van der Waals surface area contributed by atoms with Gasteiger partial charge in [-0.15, -0.1) is 10.2 Å². The van der Waals surface area contributed by atoms with Gasteiger partial charge in [-0.2, -0.15) is 0 Å². The first-order valence-corrected chi connectivity index (χ1v) is 11.0. The van der Waals surface area contributed by atoms with Gasteiger partial charge in [0.05, 0.1) is 31.2 Å². The number of pyridine rings is 1. The van der Waals surface area contributed by atoms with Crippen molar-refractivity contribution >= 4 is 56.7 Å². The van der Waals surface area contributed by atoms with Crippen molar-refractivity contribution in [3.63, 3.8) is 0 Å². The summed E-state index contributed by atoms with van der Waals surface area (Å²) in [7, 11) is 2.92. The lowest BCUT2D eigenvalue weighted by atomic mass is 10.1. The van der Waals surface area contributed by atoms with E-state index in [0.29, 0.717) is 20.9 Å². The Hall–Kier alpha value is -3.18. The fourth-order valence-electron chi connectivity index (χ4n) is 3.12. The Morgan fingerprint density at radius 2 is 2.00 bits per heavy atom. The monoisotopic (exact) mass is 457 g/mol. The van der Waals surface area contributed by atoms with E-state index in [1.807, 2.05) is 35.6 Å². The molecule has 0 aliphatic carbocycles. The third-order valence-corrected chi connectivity index (χ3v) is 6.56. The van der Waals surface area contributed by atoms with Gasteiger partial charge in [0.25, 0.3) is 0 Å². The quantitative estimate of drug-likeness (QED) is 0.346. The highest BCUT2D eigenvalue weighted by molar-refractivity contribution is 7.99. The largest absolute Gasteiger partial charge is 0.497 e. The van der Waals surface area contributed by atoms with Gasteiger partial charge in [0, 0.05) is 6.07 Å². The highest BCUT2D eigenvalue weighted by atomic mass is 32.2. The van der Waals surface area contributed by atoms with E-state index in [0.717, 1.165) is 39.2 Å².